The van der Waals surface area contributed by atoms with Gasteiger partial charge >= 0.3 is 0 Å². The summed E-state index contributed by atoms with van der Waals surface area (Å²) in [6.45, 7) is 6.24. The third kappa shape index (κ3) is 4.32. The summed E-state index contributed by atoms with van der Waals surface area (Å²) in [5.41, 5.74) is 9.56. The van der Waals surface area contributed by atoms with E-state index >= 15 is 0 Å². The van der Waals surface area contributed by atoms with Crippen LogP contribution in [0.3, 0.4) is 0 Å². The van der Waals surface area contributed by atoms with Crippen molar-refractivity contribution in [3.63, 3.8) is 0 Å². The number of aryl methyl sites for hydroxylation is 2. The fourth-order valence-electron chi connectivity index (χ4n) is 2.15. The van der Waals surface area contributed by atoms with E-state index in [1.807, 2.05) is 12.1 Å². The first-order valence-electron chi connectivity index (χ1n) is 7.28. The number of benzene rings is 2. The second kappa shape index (κ2) is 7.10. The van der Waals surface area contributed by atoms with Gasteiger partial charge in [0.25, 0.3) is 0 Å². The minimum atomic E-state index is 0.159. The first kappa shape index (κ1) is 16.1. The molecule has 0 amide bonds. The summed E-state index contributed by atoms with van der Waals surface area (Å²) < 4.78 is 7.17. The average molecular weight is 348 g/mol. The van der Waals surface area contributed by atoms with Crippen molar-refractivity contribution in [2.24, 2.45) is 5.73 Å². The van der Waals surface area contributed by atoms with Crippen molar-refractivity contribution in [2.75, 3.05) is 0 Å². The van der Waals surface area contributed by atoms with Gasteiger partial charge in [0.1, 0.15) is 11.5 Å². The van der Waals surface area contributed by atoms with Gasteiger partial charge in [-0.1, -0.05) is 41.1 Å². The quantitative estimate of drug-likeness (QED) is 0.812. The lowest BCUT2D eigenvalue weighted by molar-refractivity contribution is 0.468. The molecule has 1 unspecified atom stereocenters. The topological polar surface area (TPSA) is 35.2 Å². The molecule has 2 rings (SSSR count). The summed E-state index contributed by atoms with van der Waals surface area (Å²) in [6.07, 6.45) is 1.78. The van der Waals surface area contributed by atoms with Crippen molar-refractivity contribution in [3.8, 4) is 11.5 Å². The molecule has 0 saturated carbocycles. The Balaban J connectivity index is 2.33. The van der Waals surface area contributed by atoms with Crippen molar-refractivity contribution in [1.29, 1.82) is 0 Å². The van der Waals surface area contributed by atoms with Crippen LogP contribution in [0.4, 0.5) is 0 Å². The largest absolute Gasteiger partial charge is 0.457 e. The second-order valence-corrected chi connectivity index (χ2v) is 6.41. The van der Waals surface area contributed by atoms with Crippen LogP contribution in [0.5, 0.6) is 11.5 Å². The molecule has 0 aliphatic carbocycles. The van der Waals surface area contributed by atoms with E-state index in [4.69, 9.17) is 10.5 Å². The van der Waals surface area contributed by atoms with Gasteiger partial charge in [0.05, 0.1) is 0 Å². The predicted octanol–water partition coefficient (Wildman–Crippen LogP) is 5.14. The van der Waals surface area contributed by atoms with Gasteiger partial charge in [-0.05, 0) is 61.6 Å². The minimum Gasteiger partial charge on any atom is -0.457 e. The van der Waals surface area contributed by atoms with Gasteiger partial charge in [-0.15, -0.1) is 0 Å². The van der Waals surface area contributed by atoms with E-state index in [-0.39, 0.29) is 6.04 Å². The smallest absolute Gasteiger partial charge is 0.131 e. The van der Waals surface area contributed by atoms with Crippen molar-refractivity contribution in [1.82, 2.24) is 0 Å². The number of hydrogen-bond donors (Lipinski definition) is 1. The van der Waals surface area contributed by atoms with Crippen LogP contribution in [0.15, 0.2) is 40.9 Å². The van der Waals surface area contributed by atoms with Gasteiger partial charge in [-0.25, -0.2) is 0 Å². The van der Waals surface area contributed by atoms with Crippen LogP contribution in [0.2, 0.25) is 0 Å². The lowest BCUT2D eigenvalue weighted by Crippen LogP contribution is -2.21. The van der Waals surface area contributed by atoms with Crippen LogP contribution >= 0.6 is 15.9 Å². The Morgan fingerprint density at radius 3 is 2.57 bits per heavy atom. The Bertz CT molecular complexity index is 625. The molecule has 0 aromatic heterocycles. The predicted molar refractivity (Wildman–Crippen MR) is 92.1 cm³/mol. The highest BCUT2D eigenvalue weighted by Gasteiger charge is 2.11. The summed E-state index contributed by atoms with van der Waals surface area (Å²) in [7, 11) is 0. The number of hydrogen-bond acceptors (Lipinski definition) is 2. The van der Waals surface area contributed by atoms with Gasteiger partial charge in [0.15, 0.2) is 0 Å². The van der Waals surface area contributed by atoms with Crippen LogP contribution in [-0.2, 0) is 6.42 Å². The summed E-state index contributed by atoms with van der Waals surface area (Å²) in [4.78, 5) is 0. The average Bonchev–Trinajstić information content (AvgIpc) is 2.45. The molecular weight excluding hydrogens is 326 g/mol. The molecular formula is C18H22BrNO. The fourth-order valence-corrected chi connectivity index (χ4v) is 2.49. The van der Waals surface area contributed by atoms with Gasteiger partial charge < -0.3 is 10.5 Å². The van der Waals surface area contributed by atoms with Crippen LogP contribution < -0.4 is 10.5 Å². The van der Waals surface area contributed by atoms with E-state index in [9.17, 15) is 0 Å². The van der Waals surface area contributed by atoms with Gasteiger partial charge in [-0.2, -0.15) is 0 Å². The first-order chi connectivity index (χ1) is 9.99. The summed E-state index contributed by atoms with van der Waals surface area (Å²) >= 11 is 3.51. The standard InChI is InChI=1S/C18H22BrNO/c1-4-16(20)10-14-7-8-15(19)11-18(14)21-17-9-12(2)5-6-13(17)3/h5-9,11,16H,4,10,20H2,1-3H3. The zero-order valence-electron chi connectivity index (χ0n) is 12.8. The molecule has 21 heavy (non-hydrogen) atoms. The Kier molecular flexibility index (Phi) is 5.43. The SMILES string of the molecule is CCC(N)Cc1ccc(Br)cc1Oc1cc(C)ccc1C. The lowest BCUT2D eigenvalue weighted by atomic mass is 10.0. The Labute approximate surface area is 135 Å². The maximum atomic E-state index is 6.16. The molecule has 2 aromatic carbocycles. The van der Waals surface area contributed by atoms with Gasteiger partial charge in [-0.3, -0.25) is 0 Å². The molecule has 0 aliphatic rings. The molecule has 0 saturated heterocycles. The van der Waals surface area contributed by atoms with Crippen molar-refractivity contribution in [2.45, 2.75) is 39.7 Å². The molecule has 2 nitrogen and oxygen atoms in total. The Hall–Kier alpha value is -1.32. The maximum absolute atomic E-state index is 6.16. The van der Waals surface area contributed by atoms with Crippen molar-refractivity contribution < 1.29 is 4.74 Å². The lowest BCUT2D eigenvalue weighted by Gasteiger charge is -2.16. The molecule has 0 spiro atoms. The van der Waals surface area contributed by atoms with E-state index < -0.39 is 0 Å². The normalized spacial score (nSPS) is 12.2. The molecule has 0 aliphatic heterocycles. The third-order valence-electron chi connectivity index (χ3n) is 3.60. The fraction of sp³-hybridized carbons (Fsp3) is 0.333. The van der Waals surface area contributed by atoms with E-state index in [1.165, 1.54) is 5.56 Å². The van der Waals surface area contributed by atoms with Crippen molar-refractivity contribution >= 4 is 15.9 Å². The van der Waals surface area contributed by atoms with E-state index in [1.54, 1.807) is 0 Å². The van der Waals surface area contributed by atoms with Gasteiger partial charge in [0, 0.05) is 10.5 Å². The zero-order chi connectivity index (χ0) is 15.4. The Morgan fingerprint density at radius 2 is 1.86 bits per heavy atom. The van der Waals surface area contributed by atoms with Crippen LogP contribution in [-0.4, -0.2) is 6.04 Å². The van der Waals surface area contributed by atoms with E-state index in [2.05, 4.69) is 61.0 Å². The Morgan fingerprint density at radius 1 is 1.10 bits per heavy atom. The first-order valence-corrected chi connectivity index (χ1v) is 8.08. The minimum absolute atomic E-state index is 0.159. The highest BCUT2D eigenvalue weighted by Crippen LogP contribution is 2.31. The summed E-state index contributed by atoms with van der Waals surface area (Å²) in [6, 6.07) is 12.5. The van der Waals surface area contributed by atoms with Crippen LogP contribution in [0.25, 0.3) is 0 Å². The van der Waals surface area contributed by atoms with E-state index in [0.29, 0.717) is 0 Å². The number of nitrogens with two attached hydrogens (primary N) is 1. The van der Waals surface area contributed by atoms with Crippen LogP contribution in [0, 0.1) is 13.8 Å². The zero-order valence-corrected chi connectivity index (χ0v) is 14.4. The summed E-state index contributed by atoms with van der Waals surface area (Å²) in [5, 5.41) is 0. The monoisotopic (exact) mass is 347 g/mol. The van der Waals surface area contributed by atoms with Gasteiger partial charge in [0.2, 0.25) is 0 Å². The van der Waals surface area contributed by atoms with E-state index in [0.717, 1.165) is 39.9 Å². The molecule has 2 aromatic rings. The molecule has 0 fully saturated rings. The maximum Gasteiger partial charge on any atom is 0.131 e. The number of ether oxygens (including phenoxy) is 1. The van der Waals surface area contributed by atoms with Crippen molar-refractivity contribution in [3.05, 3.63) is 57.6 Å². The number of halogens is 1. The van der Waals surface area contributed by atoms with Crippen LogP contribution in [0.1, 0.15) is 30.0 Å². The summed E-state index contributed by atoms with van der Waals surface area (Å²) in [5.74, 6) is 1.78. The second-order valence-electron chi connectivity index (χ2n) is 5.50. The molecule has 3 heteroatoms. The number of rotatable bonds is 5. The molecule has 0 bridgehead atoms. The molecule has 0 radical (unpaired) electrons. The molecule has 2 N–H and O–H groups in total. The molecule has 1 atom stereocenters. The third-order valence-corrected chi connectivity index (χ3v) is 4.09. The molecule has 112 valence electrons. The highest BCUT2D eigenvalue weighted by molar-refractivity contribution is 9.10. The molecule has 0 heterocycles. The highest BCUT2D eigenvalue weighted by atomic mass is 79.9.